The molecule has 1 nitrogen and oxygen atoms in total. The molecule has 0 aromatic heterocycles. The predicted octanol–water partition coefficient (Wildman–Crippen LogP) is 2.65. The zero-order valence-corrected chi connectivity index (χ0v) is 7.76. The minimum absolute atomic E-state index is 0.357. The van der Waals surface area contributed by atoms with E-state index in [1.807, 2.05) is 0 Å². The van der Waals surface area contributed by atoms with Crippen LogP contribution in [0.1, 0.15) is 40.0 Å². The van der Waals surface area contributed by atoms with Crippen LogP contribution in [-0.2, 0) is 4.79 Å². The molecule has 64 valence electrons. The first-order valence-electron chi connectivity index (χ1n) is 4.60. The van der Waals surface area contributed by atoms with E-state index >= 15 is 0 Å². The van der Waals surface area contributed by atoms with Gasteiger partial charge in [0.2, 0.25) is 0 Å². The summed E-state index contributed by atoms with van der Waals surface area (Å²) in [5.41, 5.74) is 0. The lowest BCUT2D eigenvalue weighted by Gasteiger charge is -2.18. The van der Waals surface area contributed by atoms with Crippen LogP contribution in [0.4, 0.5) is 0 Å². The quantitative estimate of drug-likeness (QED) is 0.608. The topological polar surface area (TPSA) is 17.1 Å². The van der Waals surface area contributed by atoms with Crippen LogP contribution in [0.3, 0.4) is 0 Å². The van der Waals surface area contributed by atoms with Gasteiger partial charge in [0.05, 0.1) is 0 Å². The minimum Gasteiger partial charge on any atom is -0.300 e. The van der Waals surface area contributed by atoms with Crippen molar-refractivity contribution in [1.82, 2.24) is 0 Å². The molecule has 1 unspecified atom stereocenters. The Morgan fingerprint density at radius 2 is 2.00 bits per heavy atom. The summed E-state index contributed by atoms with van der Waals surface area (Å²) in [6, 6.07) is 0. The lowest BCUT2D eigenvalue weighted by Crippen LogP contribution is -2.14. The number of ketones is 1. The van der Waals surface area contributed by atoms with E-state index in [1.165, 1.54) is 12.8 Å². The first-order chi connectivity index (χ1) is 5.11. The number of carbonyl (C=O) groups excluding carboxylic acids is 1. The molecule has 1 fully saturated rings. The van der Waals surface area contributed by atoms with E-state index in [2.05, 4.69) is 13.8 Å². The Balaban J connectivity index is 2.38. The molecule has 1 saturated carbocycles. The molecule has 1 atom stereocenters. The van der Waals surface area contributed by atoms with Gasteiger partial charge < -0.3 is 4.79 Å². The van der Waals surface area contributed by atoms with Crippen LogP contribution in [0, 0.1) is 17.8 Å². The smallest absolute Gasteiger partial charge is 0.130 e. The summed E-state index contributed by atoms with van der Waals surface area (Å²) in [5, 5.41) is 0. The zero-order chi connectivity index (χ0) is 8.43. The standard InChI is InChI=1S/C10H18O/c1-7(2)10(6-8(3)11)9-4-5-9/h7,9-10H,4-6H2,1-3H3. The summed E-state index contributed by atoms with van der Waals surface area (Å²) in [5.74, 6) is 2.59. The molecule has 0 aliphatic heterocycles. The molecule has 0 aromatic carbocycles. The van der Waals surface area contributed by atoms with Crippen LogP contribution in [0.25, 0.3) is 0 Å². The number of hydrogen-bond donors (Lipinski definition) is 0. The number of Topliss-reactive ketones (excluding diaryl/α,β-unsaturated/α-hetero) is 1. The van der Waals surface area contributed by atoms with Gasteiger partial charge in [0, 0.05) is 6.42 Å². The third kappa shape index (κ3) is 2.64. The Hall–Kier alpha value is -0.330. The Labute approximate surface area is 69.2 Å². The lowest BCUT2D eigenvalue weighted by molar-refractivity contribution is -0.118. The van der Waals surface area contributed by atoms with E-state index in [9.17, 15) is 4.79 Å². The molecule has 0 N–H and O–H groups in total. The fourth-order valence-corrected chi connectivity index (χ4v) is 1.80. The fraction of sp³-hybridized carbons (Fsp3) is 0.900. The Bertz CT molecular complexity index is 143. The van der Waals surface area contributed by atoms with Crippen molar-refractivity contribution in [3.63, 3.8) is 0 Å². The predicted molar refractivity (Wildman–Crippen MR) is 46.4 cm³/mol. The van der Waals surface area contributed by atoms with Crippen LogP contribution in [0.5, 0.6) is 0 Å². The monoisotopic (exact) mass is 154 g/mol. The summed E-state index contributed by atoms with van der Waals surface area (Å²) in [7, 11) is 0. The summed E-state index contributed by atoms with van der Waals surface area (Å²) < 4.78 is 0. The summed E-state index contributed by atoms with van der Waals surface area (Å²) in [4.78, 5) is 10.9. The van der Waals surface area contributed by atoms with Gasteiger partial charge in [0.25, 0.3) is 0 Å². The second-order valence-corrected chi connectivity index (χ2v) is 4.15. The van der Waals surface area contributed by atoms with Crippen LogP contribution in [0.2, 0.25) is 0 Å². The molecular weight excluding hydrogens is 136 g/mol. The van der Waals surface area contributed by atoms with E-state index in [0.29, 0.717) is 17.6 Å². The van der Waals surface area contributed by atoms with Crippen LogP contribution >= 0.6 is 0 Å². The maximum absolute atomic E-state index is 10.9. The van der Waals surface area contributed by atoms with Crippen molar-refractivity contribution < 1.29 is 4.79 Å². The van der Waals surface area contributed by atoms with Crippen LogP contribution in [-0.4, -0.2) is 5.78 Å². The molecule has 1 aliphatic carbocycles. The first kappa shape index (κ1) is 8.76. The number of hydrogen-bond acceptors (Lipinski definition) is 1. The molecule has 1 aliphatic rings. The Kier molecular flexibility index (Phi) is 2.69. The van der Waals surface area contributed by atoms with Crippen molar-refractivity contribution in [1.29, 1.82) is 0 Å². The highest BCUT2D eigenvalue weighted by atomic mass is 16.1. The highest BCUT2D eigenvalue weighted by Crippen LogP contribution is 2.42. The second kappa shape index (κ2) is 3.38. The molecule has 0 bridgehead atoms. The minimum atomic E-state index is 0.357. The molecule has 0 spiro atoms. The Morgan fingerprint density at radius 3 is 2.27 bits per heavy atom. The van der Waals surface area contributed by atoms with Crippen LogP contribution in [0.15, 0.2) is 0 Å². The number of carbonyl (C=O) groups is 1. The molecule has 0 aromatic rings. The normalized spacial score (nSPS) is 20.4. The van der Waals surface area contributed by atoms with Crippen molar-refractivity contribution in [2.45, 2.75) is 40.0 Å². The third-order valence-electron chi connectivity index (χ3n) is 2.61. The molecular formula is C10H18O. The molecule has 1 heteroatoms. The van der Waals surface area contributed by atoms with Crippen molar-refractivity contribution >= 4 is 5.78 Å². The molecule has 1 rings (SSSR count). The van der Waals surface area contributed by atoms with E-state index < -0.39 is 0 Å². The zero-order valence-electron chi connectivity index (χ0n) is 7.76. The van der Waals surface area contributed by atoms with Gasteiger partial charge in [-0.25, -0.2) is 0 Å². The fourth-order valence-electron chi connectivity index (χ4n) is 1.80. The van der Waals surface area contributed by atoms with Crippen molar-refractivity contribution in [3.05, 3.63) is 0 Å². The highest BCUT2D eigenvalue weighted by Gasteiger charge is 2.33. The van der Waals surface area contributed by atoms with Gasteiger partial charge in [-0.15, -0.1) is 0 Å². The average Bonchev–Trinajstić information content (AvgIpc) is 2.63. The molecule has 0 heterocycles. The Morgan fingerprint density at radius 1 is 1.45 bits per heavy atom. The maximum Gasteiger partial charge on any atom is 0.130 e. The average molecular weight is 154 g/mol. The van der Waals surface area contributed by atoms with E-state index in [1.54, 1.807) is 6.92 Å². The van der Waals surface area contributed by atoms with E-state index in [0.717, 1.165) is 12.3 Å². The van der Waals surface area contributed by atoms with Gasteiger partial charge in [0.1, 0.15) is 5.78 Å². The molecule has 0 amide bonds. The first-order valence-corrected chi connectivity index (χ1v) is 4.60. The lowest BCUT2D eigenvalue weighted by atomic mass is 9.87. The van der Waals surface area contributed by atoms with Gasteiger partial charge in [-0.05, 0) is 37.5 Å². The SMILES string of the molecule is CC(=O)CC(C(C)C)C1CC1. The number of rotatable bonds is 4. The maximum atomic E-state index is 10.9. The highest BCUT2D eigenvalue weighted by molar-refractivity contribution is 5.75. The van der Waals surface area contributed by atoms with E-state index in [4.69, 9.17) is 0 Å². The van der Waals surface area contributed by atoms with Gasteiger partial charge in [-0.2, -0.15) is 0 Å². The summed E-state index contributed by atoms with van der Waals surface area (Å²) in [6.07, 6.45) is 3.52. The van der Waals surface area contributed by atoms with Crippen molar-refractivity contribution in [2.75, 3.05) is 0 Å². The second-order valence-electron chi connectivity index (χ2n) is 4.15. The van der Waals surface area contributed by atoms with E-state index in [-0.39, 0.29) is 0 Å². The van der Waals surface area contributed by atoms with Gasteiger partial charge in [0.15, 0.2) is 0 Å². The summed E-state index contributed by atoms with van der Waals surface area (Å²) >= 11 is 0. The molecule has 11 heavy (non-hydrogen) atoms. The van der Waals surface area contributed by atoms with Crippen molar-refractivity contribution in [3.8, 4) is 0 Å². The summed E-state index contributed by atoms with van der Waals surface area (Å²) in [6.45, 7) is 6.16. The van der Waals surface area contributed by atoms with Gasteiger partial charge in [-0.1, -0.05) is 13.8 Å². The van der Waals surface area contributed by atoms with Gasteiger partial charge >= 0.3 is 0 Å². The van der Waals surface area contributed by atoms with Gasteiger partial charge in [-0.3, -0.25) is 0 Å². The molecule has 0 radical (unpaired) electrons. The molecule has 0 saturated heterocycles. The van der Waals surface area contributed by atoms with Crippen LogP contribution < -0.4 is 0 Å². The van der Waals surface area contributed by atoms with Crippen molar-refractivity contribution in [2.24, 2.45) is 17.8 Å². The largest absolute Gasteiger partial charge is 0.300 e. The third-order valence-corrected chi connectivity index (χ3v) is 2.61.